The molecule has 0 aliphatic rings. The summed E-state index contributed by atoms with van der Waals surface area (Å²) < 4.78 is 11.7. The van der Waals surface area contributed by atoms with E-state index in [1.165, 1.54) is 0 Å². The lowest BCUT2D eigenvalue weighted by molar-refractivity contribution is 0.0231. The predicted octanol–water partition coefficient (Wildman–Crippen LogP) is 6.02. The lowest BCUT2D eigenvalue weighted by Crippen LogP contribution is -2.30. The van der Waals surface area contributed by atoms with Crippen LogP contribution in [0.1, 0.15) is 75.7 Å². The summed E-state index contributed by atoms with van der Waals surface area (Å²) in [6.45, 7) is 14.3. The van der Waals surface area contributed by atoms with Gasteiger partial charge in [-0.2, -0.15) is 0 Å². The van der Waals surface area contributed by atoms with Gasteiger partial charge in [-0.15, -0.1) is 0 Å². The Hall–Kier alpha value is -3.19. The quantitative estimate of drug-likeness (QED) is 0.377. The molecule has 0 unspecified atom stereocenters. The summed E-state index contributed by atoms with van der Waals surface area (Å²) in [7, 11) is 0. The number of ketones is 1. The molecule has 0 saturated carbocycles. The number of nitrogens with one attached hydrogen (secondary N) is 2. The zero-order chi connectivity index (χ0) is 25.1. The summed E-state index contributed by atoms with van der Waals surface area (Å²) in [4.78, 5) is 32.7. The van der Waals surface area contributed by atoms with E-state index in [1.807, 2.05) is 48.5 Å². The molecule has 3 aromatic rings. The van der Waals surface area contributed by atoms with Crippen molar-refractivity contribution in [1.29, 1.82) is 0 Å². The third-order valence-electron chi connectivity index (χ3n) is 5.34. The first kappa shape index (κ1) is 25.4. The number of pyridine rings is 1. The standard InChI is InChI=1S/C27H35N3O4/c1-17(2)33-13-12-27(6,7)34-20-10-8-18(9-11-20)25(32)30-23-15-19-14-21(24(31)26(3,4)5)29-22(19)16-28-23/h8-11,14-17,29H,12-13H2,1-7H3,(H,28,30,32). The number of amides is 1. The van der Waals surface area contributed by atoms with Gasteiger partial charge in [0.2, 0.25) is 0 Å². The fourth-order valence-electron chi connectivity index (χ4n) is 3.40. The van der Waals surface area contributed by atoms with Gasteiger partial charge < -0.3 is 19.8 Å². The molecule has 0 fully saturated rings. The second-order valence-electron chi connectivity index (χ2n) is 10.4. The van der Waals surface area contributed by atoms with Gasteiger partial charge in [0.25, 0.3) is 5.91 Å². The van der Waals surface area contributed by atoms with Gasteiger partial charge in [0, 0.05) is 22.8 Å². The van der Waals surface area contributed by atoms with Crippen LogP contribution < -0.4 is 10.1 Å². The molecule has 2 aromatic heterocycles. The number of hydrogen-bond acceptors (Lipinski definition) is 5. The molecule has 3 rings (SSSR count). The molecule has 0 spiro atoms. The maximum atomic E-state index is 12.7. The van der Waals surface area contributed by atoms with Gasteiger partial charge in [-0.1, -0.05) is 20.8 Å². The van der Waals surface area contributed by atoms with E-state index in [0.717, 1.165) is 17.3 Å². The molecule has 7 heteroatoms. The topological polar surface area (TPSA) is 93.3 Å². The van der Waals surface area contributed by atoms with Crippen LogP contribution in [0.25, 0.3) is 10.9 Å². The van der Waals surface area contributed by atoms with Gasteiger partial charge in [0.15, 0.2) is 5.78 Å². The van der Waals surface area contributed by atoms with Gasteiger partial charge in [-0.3, -0.25) is 9.59 Å². The molecular formula is C27H35N3O4. The van der Waals surface area contributed by atoms with E-state index < -0.39 is 5.41 Å². The van der Waals surface area contributed by atoms with E-state index in [1.54, 1.807) is 42.6 Å². The Morgan fingerprint density at radius 3 is 2.35 bits per heavy atom. The third-order valence-corrected chi connectivity index (χ3v) is 5.34. The van der Waals surface area contributed by atoms with E-state index in [-0.39, 0.29) is 23.4 Å². The highest BCUT2D eigenvalue weighted by molar-refractivity contribution is 6.05. The third kappa shape index (κ3) is 6.67. The summed E-state index contributed by atoms with van der Waals surface area (Å²) >= 11 is 0. The number of ether oxygens (including phenoxy) is 2. The van der Waals surface area contributed by atoms with E-state index in [0.29, 0.717) is 29.4 Å². The van der Waals surface area contributed by atoms with E-state index in [2.05, 4.69) is 15.3 Å². The second kappa shape index (κ2) is 9.97. The molecule has 7 nitrogen and oxygen atoms in total. The van der Waals surface area contributed by atoms with Crippen LogP contribution in [0.5, 0.6) is 5.75 Å². The molecule has 1 amide bonds. The number of nitrogens with zero attached hydrogens (tertiary/aromatic N) is 1. The highest BCUT2D eigenvalue weighted by Crippen LogP contribution is 2.25. The van der Waals surface area contributed by atoms with Crippen molar-refractivity contribution in [2.24, 2.45) is 5.41 Å². The number of aromatic nitrogens is 2. The van der Waals surface area contributed by atoms with E-state index in [4.69, 9.17) is 9.47 Å². The van der Waals surface area contributed by atoms with Crippen molar-refractivity contribution in [3.05, 3.63) is 53.9 Å². The number of benzene rings is 1. The van der Waals surface area contributed by atoms with Gasteiger partial charge in [0.1, 0.15) is 17.2 Å². The number of Topliss-reactive ketones (excluding diaryl/α,β-unsaturated/α-hetero) is 1. The Morgan fingerprint density at radius 1 is 1.06 bits per heavy atom. The summed E-state index contributed by atoms with van der Waals surface area (Å²) in [5.74, 6) is 0.851. The summed E-state index contributed by atoms with van der Waals surface area (Å²) in [5, 5.41) is 3.63. The molecule has 34 heavy (non-hydrogen) atoms. The lowest BCUT2D eigenvalue weighted by Gasteiger charge is -2.27. The zero-order valence-corrected chi connectivity index (χ0v) is 21.1. The molecule has 0 atom stereocenters. The average Bonchev–Trinajstić information content (AvgIpc) is 3.15. The number of carbonyl (C=O) groups excluding carboxylic acids is 2. The minimum atomic E-state index is -0.488. The molecule has 0 bridgehead atoms. The fourth-order valence-corrected chi connectivity index (χ4v) is 3.40. The van der Waals surface area contributed by atoms with Crippen LogP contribution in [-0.4, -0.2) is 40.0 Å². The molecule has 182 valence electrons. The number of carbonyl (C=O) groups is 2. The maximum Gasteiger partial charge on any atom is 0.256 e. The molecule has 0 aliphatic heterocycles. The van der Waals surface area contributed by atoms with Gasteiger partial charge in [-0.25, -0.2) is 4.98 Å². The SMILES string of the molecule is CC(C)OCCC(C)(C)Oc1ccc(C(=O)Nc2cc3cc(C(=O)C(C)(C)C)[nH]c3cn2)cc1. The Bertz CT molecular complexity index is 1150. The van der Waals surface area contributed by atoms with Crippen LogP contribution in [0.3, 0.4) is 0 Å². The molecule has 0 saturated heterocycles. The van der Waals surface area contributed by atoms with Crippen LogP contribution >= 0.6 is 0 Å². The second-order valence-corrected chi connectivity index (χ2v) is 10.4. The van der Waals surface area contributed by atoms with Crippen molar-refractivity contribution in [3.63, 3.8) is 0 Å². The minimum absolute atomic E-state index is 0.0206. The van der Waals surface area contributed by atoms with Crippen LogP contribution in [0.2, 0.25) is 0 Å². The highest BCUT2D eigenvalue weighted by atomic mass is 16.5. The molecule has 2 N–H and O–H groups in total. The average molecular weight is 466 g/mol. The van der Waals surface area contributed by atoms with Crippen molar-refractivity contribution in [2.45, 2.75) is 66.6 Å². The van der Waals surface area contributed by atoms with Crippen LogP contribution in [0.4, 0.5) is 5.82 Å². The normalized spacial score (nSPS) is 12.2. The smallest absolute Gasteiger partial charge is 0.256 e. The molecular weight excluding hydrogens is 430 g/mol. The lowest BCUT2D eigenvalue weighted by atomic mass is 9.89. The fraction of sp³-hybridized carbons (Fsp3) is 0.444. The van der Waals surface area contributed by atoms with Gasteiger partial charge in [-0.05, 0) is 64.1 Å². The summed E-state index contributed by atoms with van der Waals surface area (Å²) in [6, 6.07) is 10.6. The number of fused-ring (bicyclic) bond motifs is 1. The molecule has 2 heterocycles. The highest BCUT2D eigenvalue weighted by Gasteiger charge is 2.24. The number of aromatic amines is 1. The molecule has 0 aliphatic carbocycles. The monoisotopic (exact) mass is 465 g/mol. The first-order chi connectivity index (χ1) is 15.8. The van der Waals surface area contributed by atoms with Crippen molar-refractivity contribution in [3.8, 4) is 5.75 Å². The van der Waals surface area contributed by atoms with Gasteiger partial charge in [0.05, 0.1) is 30.1 Å². The number of rotatable bonds is 9. The summed E-state index contributed by atoms with van der Waals surface area (Å²) in [6.07, 6.45) is 2.56. The number of anilines is 1. The van der Waals surface area contributed by atoms with Crippen molar-refractivity contribution in [1.82, 2.24) is 9.97 Å². The summed E-state index contributed by atoms with van der Waals surface area (Å²) in [5.41, 5.74) is 0.892. The largest absolute Gasteiger partial charge is 0.488 e. The zero-order valence-electron chi connectivity index (χ0n) is 21.1. The van der Waals surface area contributed by atoms with Crippen LogP contribution in [0, 0.1) is 5.41 Å². The Balaban J connectivity index is 1.64. The van der Waals surface area contributed by atoms with Crippen molar-refractivity contribution < 1.29 is 19.1 Å². The Morgan fingerprint density at radius 2 is 1.74 bits per heavy atom. The van der Waals surface area contributed by atoms with E-state index in [9.17, 15) is 9.59 Å². The predicted molar refractivity (Wildman–Crippen MR) is 135 cm³/mol. The maximum absolute atomic E-state index is 12.7. The first-order valence-electron chi connectivity index (χ1n) is 11.6. The van der Waals surface area contributed by atoms with Crippen molar-refractivity contribution in [2.75, 3.05) is 11.9 Å². The Kier molecular flexibility index (Phi) is 7.46. The van der Waals surface area contributed by atoms with Crippen molar-refractivity contribution >= 4 is 28.4 Å². The van der Waals surface area contributed by atoms with Crippen LogP contribution in [0.15, 0.2) is 42.6 Å². The molecule has 0 radical (unpaired) electrons. The van der Waals surface area contributed by atoms with Gasteiger partial charge >= 0.3 is 0 Å². The van der Waals surface area contributed by atoms with E-state index >= 15 is 0 Å². The number of hydrogen-bond donors (Lipinski definition) is 2. The number of H-pyrrole nitrogens is 1. The minimum Gasteiger partial charge on any atom is -0.488 e. The first-order valence-corrected chi connectivity index (χ1v) is 11.6. The Labute approximate surface area is 201 Å². The molecule has 1 aromatic carbocycles. The van der Waals surface area contributed by atoms with Crippen LogP contribution in [-0.2, 0) is 4.74 Å².